The molecule has 6 heteroatoms. The summed E-state index contributed by atoms with van der Waals surface area (Å²) in [7, 11) is 0. The maximum atomic E-state index is 12.4. The third-order valence-electron chi connectivity index (χ3n) is 5.90. The molecule has 1 aromatic heterocycles. The molecule has 2 amide bonds. The summed E-state index contributed by atoms with van der Waals surface area (Å²) in [5, 5.41) is 6.09. The lowest BCUT2D eigenvalue weighted by Crippen LogP contribution is -2.48. The van der Waals surface area contributed by atoms with Crippen molar-refractivity contribution in [3.8, 4) is 0 Å². The van der Waals surface area contributed by atoms with Gasteiger partial charge in [-0.05, 0) is 24.5 Å². The zero-order chi connectivity index (χ0) is 19.2. The van der Waals surface area contributed by atoms with Crippen molar-refractivity contribution in [2.45, 2.75) is 31.2 Å². The molecule has 2 aliphatic rings. The Kier molecular flexibility index (Phi) is 5.76. The summed E-state index contributed by atoms with van der Waals surface area (Å²) in [5.41, 5.74) is 2.44. The van der Waals surface area contributed by atoms with Crippen LogP contribution in [0.1, 0.15) is 30.4 Å². The van der Waals surface area contributed by atoms with E-state index < -0.39 is 0 Å². The molecule has 2 heterocycles. The summed E-state index contributed by atoms with van der Waals surface area (Å²) in [5.74, 6) is 0.936. The number of rotatable bonds is 6. The van der Waals surface area contributed by atoms with Crippen LogP contribution in [0, 0.1) is 0 Å². The Balaban J connectivity index is 1.33. The summed E-state index contributed by atoms with van der Waals surface area (Å²) < 4.78 is 5.43. The lowest BCUT2D eigenvalue weighted by atomic mass is 9.64. The molecule has 28 heavy (non-hydrogen) atoms. The van der Waals surface area contributed by atoms with Crippen molar-refractivity contribution in [2.24, 2.45) is 0 Å². The first-order valence-electron chi connectivity index (χ1n) is 10.1. The van der Waals surface area contributed by atoms with Gasteiger partial charge in [0.2, 0.25) is 0 Å². The van der Waals surface area contributed by atoms with Crippen molar-refractivity contribution < 1.29 is 9.53 Å². The Bertz CT molecular complexity index is 786. The number of carbonyl (C=O) groups is 1. The normalized spacial score (nSPS) is 18.2. The molecule has 2 N–H and O–H groups in total. The van der Waals surface area contributed by atoms with E-state index in [0.29, 0.717) is 26.3 Å². The largest absolute Gasteiger partial charge is 0.378 e. The van der Waals surface area contributed by atoms with Crippen LogP contribution < -0.4 is 15.5 Å². The van der Waals surface area contributed by atoms with Crippen LogP contribution in [-0.4, -0.2) is 43.9 Å². The van der Waals surface area contributed by atoms with E-state index in [2.05, 4.69) is 44.8 Å². The molecule has 0 radical (unpaired) electrons. The monoisotopic (exact) mass is 380 g/mol. The summed E-state index contributed by atoms with van der Waals surface area (Å²) in [6.07, 6.45) is 5.27. The molecule has 0 unspecified atom stereocenters. The number of hydrogen-bond donors (Lipinski definition) is 2. The van der Waals surface area contributed by atoms with Gasteiger partial charge in [-0.25, -0.2) is 9.78 Å². The molecule has 2 fully saturated rings. The lowest BCUT2D eigenvalue weighted by Gasteiger charge is -2.42. The summed E-state index contributed by atoms with van der Waals surface area (Å²) in [4.78, 5) is 19.2. The highest BCUT2D eigenvalue weighted by Crippen LogP contribution is 2.43. The summed E-state index contributed by atoms with van der Waals surface area (Å²) in [6, 6.07) is 14.3. The number of pyridine rings is 1. The molecule has 4 rings (SSSR count). The minimum Gasteiger partial charge on any atom is -0.378 e. The van der Waals surface area contributed by atoms with Gasteiger partial charge in [0.1, 0.15) is 5.82 Å². The predicted octanol–water partition coefficient (Wildman–Crippen LogP) is 2.84. The average Bonchev–Trinajstić information content (AvgIpc) is 2.73. The second-order valence-corrected chi connectivity index (χ2v) is 7.62. The third kappa shape index (κ3) is 4.12. The summed E-state index contributed by atoms with van der Waals surface area (Å²) in [6.45, 7) is 4.22. The Hall–Kier alpha value is -2.60. The van der Waals surface area contributed by atoms with E-state index in [0.717, 1.165) is 37.3 Å². The van der Waals surface area contributed by atoms with Crippen LogP contribution in [0.25, 0.3) is 0 Å². The molecule has 2 aromatic rings. The Morgan fingerprint density at radius 1 is 1.07 bits per heavy atom. The zero-order valence-electron chi connectivity index (χ0n) is 16.2. The molecule has 1 aliphatic heterocycles. The quantitative estimate of drug-likeness (QED) is 0.809. The molecule has 1 aliphatic carbocycles. The number of urea groups is 1. The fraction of sp³-hybridized carbons (Fsp3) is 0.455. The Morgan fingerprint density at radius 2 is 1.86 bits per heavy atom. The highest BCUT2D eigenvalue weighted by molar-refractivity contribution is 5.74. The zero-order valence-corrected chi connectivity index (χ0v) is 16.2. The highest BCUT2D eigenvalue weighted by Gasteiger charge is 2.38. The standard InChI is InChI=1S/C22H28N4O2/c27-21(25-17-22(9-5-10-22)19-7-2-1-3-8-19)24-16-18-6-4-11-23-20(18)26-12-14-28-15-13-26/h1-4,6-8,11H,5,9-10,12-17H2,(H2,24,25,27). The van der Waals surface area contributed by atoms with Gasteiger partial charge in [-0.1, -0.05) is 42.8 Å². The predicted molar refractivity (Wildman–Crippen MR) is 109 cm³/mol. The molecule has 1 aromatic carbocycles. The van der Waals surface area contributed by atoms with Gasteiger partial charge in [0.05, 0.1) is 13.2 Å². The van der Waals surface area contributed by atoms with Gasteiger partial charge in [0.15, 0.2) is 0 Å². The van der Waals surface area contributed by atoms with Crippen molar-refractivity contribution >= 4 is 11.8 Å². The SMILES string of the molecule is O=C(NCc1cccnc1N1CCOCC1)NCC1(c2ccccc2)CCC1. The van der Waals surface area contributed by atoms with Gasteiger partial charge < -0.3 is 20.3 Å². The number of carbonyl (C=O) groups excluding carboxylic acids is 1. The molecule has 1 saturated heterocycles. The maximum absolute atomic E-state index is 12.4. The number of amides is 2. The van der Waals surface area contributed by atoms with Crippen LogP contribution >= 0.6 is 0 Å². The summed E-state index contributed by atoms with van der Waals surface area (Å²) >= 11 is 0. The van der Waals surface area contributed by atoms with Gasteiger partial charge in [0, 0.05) is 43.4 Å². The van der Waals surface area contributed by atoms with E-state index in [-0.39, 0.29) is 11.4 Å². The lowest BCUT2D eigenvalue weighted by molar-refractivity contribution is 0.122. The molecule has 1 saturated carbocycles. The number of ether oxygens (including phenoxy) is 1. The topological polar surface area (TPSA) is 66.5 Å². The van der Waals surface area contributed by atoms with E-state index in [1.807, 2.05) is 18.2 Å². The van der Waals surface area contributed by atoms with E-state index in [1.54, 1.807) is 6.20 Å². The molecular formula is C22H28N4O2. The van der Waals surface area contributed by atoms with E-state index in [4.69, 9.17) is 4.74 Å². The molecule has 0 atom stereocenters. The number of anilines is 1. The van der Waals surface area contributed by atoms with Crippen molar-refractivity contribution in [3.05, 3.63) is 59.8 Å². The van der Waals surface area contributed by atoms with E-state index in [1.165, 1.54) is 12.0 Å². The second-order valence-electron chi connectivity index (χ2n) is 7.62. The fourth-order valence-electron chi connectivity index (χ4n) is 4.08. The first-order valence-corrected chi connectivity index (χ1v) is 10.1. The number of aromatic nitrogens is 1. The minimum absolute atomic E-state index is 0.0892. The molecule has 148 valence electrons. The number of benzene rings is 1. The maximum Gasteiger partial charge on any atom is 0.315 e. The van der Waals surface area contributed by atoms with Gasteiger partial charge in [0.25, 0.3) is 0 Å². The van der Waals surface area contributed by atoms with Crippen LogP contribution in [0.15, 0.2) is 48.7 Å². The van der Waals surface area contributed by atoms with Crippen LogP contribution in [0.3, 0.4) is 0 Å². The van der Waals surface area contributed by atoms with Crippen LogP contribution in [0.2, 0.25) is 0 Å². The molecule has 0 spiro atoms. The van der Waals surface area contributed by atoms with Gasteiger partial charge in [-0.3, -0.25) is 0 Å². The van der Waals surface area contributed by atoms with Gasteiger partial charge in [-0.15, -0.1) is 0 Å². The fourth-order valence-corrected chi connectivity index (χ4v) is 4.08. The van der Waals surface area contributed by atoms with Crippen LogP contribution in [0.4, 0.5) is 10.6 Å². The second kappa shape index (κ2) is 8.61. The van der Waals surface area contributed by atoms with Crippen molar-refractivity contribution in [2.75, 3.05) is 37.7 Å². The smallest absolute Gasteiger partial charge is 0.315 e. The van der Waals surface area contributed by atoms with E-state index >= 15 is 0 Å². The molecule has 0 bridgehead atoms. The number of morpholine rings is 1. The minimum atomic E-state index is -0.126. The number of hydrogen-bond acceptors (Lipinski definition) is 4. The van der Waals surface area contributed by atoms with Gasteiger partial charge in [-0.2, -0.15) is 0 Å². The highest BCUT2D eigenvalue weighted by atomic mass is 16.5. The molecular weight excluding hydrogens is 352 g/mol. The van der Waals surface area contributed by atoms with Crippen LogP contribution in [-0.2, 0) is 16.7 Å². The average molecular weight is 380 g/mol. The Labute approximate surface area is 166 Å². The third-order valence-corrected chi connectivity index (χ3v) is 5.90. The number of nitrogens with zero attached hydrogens (tertiary/aromatic N) is 2. The van der Waals surface area contributed by atoms with Crippen molar-refractivity contribution in [1.29, 1.82) is 0 Å². The number of nitrogens with one attached hydrogen (secondary N) is 2. The van der Waals surface area contributed by atoms with Crippen molar-refractivity contribution in [3.63, 3.8) is 0 Å². The Morgan fingerprint density at radius 3 is 2.57 bits per heavy atom. The van der Waals surface area contributed by atoms with Crippen LogP contribution in [0.5, 0.6) is 0 Å². The molecule has 6 nitrogen and oxygen atoms in total. The first-order chi connectivity index (χ1) is 13.8. The van der Waals surface area contributed by atoms with Gasteiger partial charge >= 0.3 is 6.03 Å². The van der Waals surface area contributed by atoms with Crippen molar-refractivity contribution in [1.82, 2.24) is 15.6 Å². The first kappa shape index (κ1) is 18.7. The van der Waals surface area contributed by atoms with E-state index in [9.17, 15) is 4.79 Å².